The smallest absolute Gasteiger partial charge is 0.303 e. The van der Waals surface area contributed by atoms with Gasteiger partial charge in [0.2, 0.25) is 0 Å². The van der Waals surface area contributed by atoms with Crippen molar-refractivity contribution in [3.8, 4) is 0 Å². The van der Waals surface area contributed by atoms with Gasteiger partial charge in [-0.05, 0) is 32.1 Å². The van der Waals surface area contributed by atoms with Crippen LogP contribution in [0.1, 0.15) is 66.2 Å². The first-order chi connectivity index (χ1) is 8.94. The molecule has 0 radical (unpaired) electrons. The Bertz CT molecular complexity index is 328. The summed E-state index contributed by atoms with van der Waals surface area (Å²) in [6.45, 7) is 8.12. The van der Waals surface area contributed by atoms with Crippen LogP contribution in [-0.4, -0.2) is 23.8 Å². The minimum Gasteiger partial charge on any atom is -0.459 e. The van der Waals surface area contributed by atoms with Crippen LogP contribution in [-0.2, 0) is 14.3 Å². The SMILES string of the molecule is CCCC1CC(C)(OC(C)=O)C2CCC(C)CC2O1. The molecule has 19 heavy (non-hydrogen) atoms. The molecule has 0 spiro atoms. The number of ether oxygens (including phenoxy) is 2. The van der Waals surface area contributed by atoms with Crippen LogP contribution in [0.5, 0.6) is 0 Å². The fourth-order valence-electron chi connectivity index (χ4n) is 4.01. The van der Waals surface area contributed by atoms with E-state index in [4.69, 9.17) is 9.47 Å². The summed E-state index contributed by atoms with van der Waals surface area (Å²) < 4.78 is 12.0. The molecule has 0 bridgehead atoms. The highest BCUT2D eigenvalue weighted by Gasteiger charge is 2.50. The van der Waals surface area contributed by atoms with E-state index in [0.29, 0.717) is 5.92 Å². The molecule has 5 unspecified atom stereocenters. The molecule has 1 aliphatic carbocycles. The van der Waals surface area contributed by atoms with Gasteiger partial charge in [0.15, 0.2) is 0 Å². The summed E-state index contributed by atoms with van der Waals surface area (Å²) in [5, 5.41) is 0. The van der Waals surface area contributed by atoms with E-state index < -0.39 is 0 Å². The lowest BCUT2D eigenvalue weighted by atomic mass is 9.68. The van der Waals surface area contributed by atoms with Crippen molar-refractivity contribution in [2.45, 2.75) is 84.0 Å². The van der Waals surface area contributed by atoms with E-state index in [1.54, 1.807) is 0 Å². The molecule has 0 aromatic rings. The summed E-state index contributed by atoms with van der Waals surface area (Å²) >= 11 is 0. The summed E-state index contributed by atoms with van der Waals surface area (Å²) in [5.74, 6) is 0.945. The van der Waals surface area contributed by atoms with Crippen LogP contribution >= 0.6 is 0 Å². The molecule has 1 saturated carbocycles. The number of fused-ring (bicyclic) bond motifs is 1. The van der Waals surface area contributed by atoms with E-state index in [1.165, 1.54) is 13.3 Å². The molecular formula is C16H28O3. The van der Waals surface area contributed by atoms with Crippen molar-refractivity contribution >= 4 is 5.97 Å². The van der Waals surface area contributed by atoms with E-state index in [2.05, 4.69) is 20.8 Å². The molecule has 3 heteroatoms. The predicted molar refractivity (Wildman–Crippen MR) is 74.9 cm³/mol. The van der Waals surface area contributed by atoms with E-state index >= 15 is 0 Å². The third kappa shape index (κ3) is 3.31. The minimum absolute atomic E-state index is 0.156. The maximum atomic E-state index is 11.5. The van der Waals surface area contributed by atoms with Crippen molar-refractivity contribution in [2.75, 3.05) is 0 Å². The minimum atomic E-state index is -0.325. The van der Waals surface area contributed by atoms with E-state index in [-0.39, 0.29) is 23.8 Å². The number of hydrogen-bond donors (Lipinski definition) is 0. The summed E-state index contributed by atoms with van der Waals surface area (Å²) in [6, 6.07) is 0. The molecule has 2 fully saturated rings. The highest BCUT2D eigenvalue weighted by atomic mass is 16.6. The van der Waals surface area contributed by atoms with Crippen molar-refractivity contribution in [2.24, 2.45) is 11.8 Å². The Morgan fingerprint density at radius 2 is 2.16 bits per heavy atom. The normalized spacial score (nSPS) is 42.5. The van der Waals surface area contributed by atoms with Gasteiger partial charge in [-0.2, -0.15) is 0 Å². The second kappa shape index (κ2) is 5.82. The molecule has 5 atom stereocenters. The standard InChI is InChI=1S/C16H28O3/c1-5-6-13-10-16(4,19-12(3)17)14-8-7-11(2)9-15(14)18-13/h11,13-15H,5-10H2,1-4H3. The topological polar surface area (TPSA) is 35.5 Å². The molecule has 3 nitrogen and oxygen atoms in total. The van der Waals surface area contributed by atoms with Gasteiger partial charge in [0.1, 0.15) is 5.60 Å². The van der Waals surface area contributed by atoms with Crippen molar-refractivity contribution in [1.29, 1.82) is 0 Å². The first kappa shape index (κ1) is 14.8. The highest BCUT2D eigenvalue weighted by Crippen LogP contribution is 2.46. The lowest BCUT2D eigenvalue weighted by Gasteiger charge is -2.51. The van der Waals surface area contributed by atoms with Crippen LogP contribution < -0.4 is 0 Å². The summed E-state index contributed by atoms with van der Waals surface area (Å²) in [5.41, 5.74) is -0.325. The third-order valence-corrected chi connectivity index (χ3v) is 4.83. The zero-order valence-corrected chi connectivity index (χ0v) is 12.8. The van der Waals surface area contributed by atoms with Crippen LogP contribution in [0, 0.1) is 11.8 Å². The van der Waals surface area contributed by atoms with Crippen LogP contribution in [0.2, 0.25) is 0 Å². The molecular weight excluding hydrogens is 240 g/mol. The Balaban J connectivity index is 2.16. The van der Waals surface area contributed by atoms with Crippen molar-refractivity contribution in [1.82, 2.24) is 0 Å². The van der Waals surface area contributed by atoms with E-state index in [9.17, 15) is 4.79 Å². The fourth-order valence-corrected chi connectivity index (χ4v) is 4.01. The fraction of sp³-hybridized carbons (Fsp3) is 0.938. The third-order valence-electron chi connectivity index (χ3n) is 4.83. The summed E-state index contributed by atoms with van der Waals surface area (Å²) in [7, 11) is 0. The lowest BCUT2D eigenvalue weighted by Crippen LogP contribution is -2.55. The molecule has 2 aliphatic rings. The van der Waals surface area contributed by atoms with Gasteiger partial charge in [-0.15, -0.1) is 0 Å². The highest BCUT2D eigenvalue weighted by molar-refractivity contribution is 5.66. The maximum Gasteiger partial charge on any atom is 0.303 e. The second-order valence-corrected chi connectivity index (χ2v) is 6.72. The zero-order chi connectivity index (χ0) is 14.0. The van der Waals surface area contributed by atoms with E-state index in [1.807, 2.05) is 0 Å². The van der Waals surface area contributed by atoms with Crippen LogP contribution in [0.4, 0.5) is 0 Å². The van der Waals surface area contributed by atoms with E-state index in [0.717, 1.165) is 38.0 Å². The Labute approximate surface area is 117 Å². The second-order valence-electron chi connectivity index (χ2n) is 6.72. The molecule has 0 aromatic carbocycles. The average molecular weight is 268 g/mol. The van der Waals surface area contributed by atoms with Gasteiger partial charge < -0.3 is 9.47 Å². The van der Waals surface area contributed by atoms with Crippen LogP contribution in [0.25, 0.3) is 0 Å². The first-order valence-electron chi connectivity index (χ1n) is 7.79. The number of esters is 1. The molecule has 0 N–H and O–H groups in total. The Hall–Kier alpha value is -0.570. The maximum absolute atomic E-state index is 11.5. The number of carbonyl (C=O) groups excluding carboxylic acids is 1. The Morgan fingerprint density at radius 3 is 2.79 bits per heavy atom. The number of rotatable bonds is 3. The molecule has 0 aromatic heterocycles. The largest absolute Gasteiger partial charge is 0.459 e. The molecule has 2 rings (SSSR count). The van der Waals surface area contributed by atoms with Gasteiger partial charge in [-0.1, -0.05) is 26.7 Å². The molecule has 1 aliphatic heterocycles. The lowest BCUT2D eigenvalue weighted by molar-refractivity contribution is -0.216. The van der Waals surface area contributed by atoms with Gasteiger partial charge in [0.25, 0.3) is 0 Å². The quantitative estimate of drug-likeness (QED) is 0.732. The number of hydrogen-bond acceptors (Lipinski definition) is 3. The molecule has 110 valence electrons. The Kier molecular flexibility index (Phi) is 4.54. The average Bonchev–Trinajstić information content (AvgIpc) is 2.26. The van der Waals surface area contributed by atoms with Crippen molar-refractivity contribution in [3.05, 3.63) is 0 Å². The Morgan fingerprint density at radius 1 is 1.42 bits per heavy atom. The van der Waals surface area contributed by atoms with Crippen molar-refractivity contribution < 1.29 is 14.3 Å². The molecule has 1 heterocycles. The first-order valence-corrected chi connectivity index (χ1v) is 7.79. The van der Waals surface area contributed by atoms with Gasteiger partial charge in [0.05, 0.1) is 12.2 Å². The van der Waals surface area contributed by atoms with Crippen LogP contribution in [0.15, 0.2) is 0 Å². The summed E-state index contributed by atoms with van der Waals surface area (Å²) in [6.07, 6.45) is 7.02. The van der Waals surface area contributed by atoms with Gasteiger partial charge >= 0.3 is 5.97 Å². The van der Waals surface area contributed by atoms with Gasteiger partial charge in [-0.25, -0.2) is 0 Å². The zero-order valence-electron chi connectivity index (χ0n) is 12.8. The summed E-state index contributed by atoms with van der Waals surface area (Å²) in [4.78, 5) is 11.5. The molecule has 0 amide bonds. The predicted octanol–water partition coefficient (Wildman–Crippen LogP) is 3.70. The van der Waals surface area contributed by atoms with Gasteiger partial charge in [-0.3, -0.25) is 4.79 Å². The van der Waals surface area contributed by atoms with Gasteiger partial charge in [0, 0.05) is 19.3 Å². The van der Waals surface area contributed by atoms with Crippen molar-refractivity contribution in [3.63, 3.8) is 0 Å². The van der Waals surface area contributed by atoms with Crippen LogP contribution in [0.3, 0.4) is 0 Å². The monoisotopic (exact) mass is 268 g/mol. The number of carbonyl (C=O) groups is 1. The molecule has 1 saturated heterocycles.